The molecule has 1 amide bonds. The highest BCUT2D eigenvalue weighted by Gasteiger charge is 2.22. The molecule has 2 aromatic rings. The number of rotatable bonds is 4. The zero-order chi connectivity index (χ0) is 13.3. The molecule has 0 unspecified atom stereocenters. The van der Waals surface area contributed by atoms with Crippen LogP contribution >= 0.6 is 11.3 Å². The number of nitrogens with one attached hydrogen (secondary N) is 1. The lowest BCUT2D eigenvalue weighted by Crippen LogP contribution is -2.33. The molecule has 18 heavy (non-hydrogen) atoms. The van der Waals surface area contributed by atoms with Gasteiger partial charge in [0.15, 0.2) is 16.5 Å². The number of aromatic carboxylic acids is 1. The number of aromatic nitrogens is 2. The molecule has 0 fully saturated rings. The van der Waals surface area contributed by atoms with Crippen LogP contribution in [0.25, 0.3) is 4.96 Å². The van der Waals surface area contributed by atoms with Gasteiger partial charge >= 0.3 is 5.97 Å². The average molecular weight is 268 g/mol. The summed E-state index contributed by atoms with van der Waals surface area (Å²) in [6.07, 6.45) is 1.65. The Balaban J connectivity index is 2.43. The summed E-state index contributed by atoms with van der Waals surface area (Å²) in [7, 11) is 3.16. The standard InChI is InChI=1S/C10H12N4O3S/c1-11-6(15)5-13(2)8-7(9(16)17)14-3-4-18-10(14)12-8/h3-4H,5H2,1-2H3,(H,11,15)(H,16,17). The summed E-state index contributed by atoms with van der Waals surface area (Å²) in [4.78, 5) is 28.9. The van der Waals surface area contributed by atoms with E-state index in [-0.39, 0.29) is 24.0 Å². The van der Waals surface area contributed by atoms with E-state index in [1.165, 1.54) is 27.7 Å². The third-order valence-electron chi connectivity index (χ3n) is 2.47. The lowest BCUT2D eigenvalue weighted by Gasteiger charge is -2.15. The quantitative estimate of drug-likeness (QED) is 0.831. The summed E-state index contributed by atoms with van der Waals surface area (Å²) in [6, 6.07) is 0. The van der Waals surface area contributed by atoms with Crippen LogP contribution < -0.4 is 10.2 Å². The van der Waals surface area contributed by atoms with E-state index < -0.39 is 5.97 Å². The minimum Gasteiger partial charge on any atom is -0.476 e. The van der Waals surface area contributed by atoms with Crippen molar-refractivity contribution in [3.63, 3.8) is 0 Å². The second-order valence-corrected chi connectivity index (χ2v) is 4.55. The number of imidazole rings is 1. The first-order valence-corrected chi connectivity index (χ1v) is 6.03. The van der Waals surface area contributed by atoms with E-state index in [4.69, 9.17) is 0 Å². The summed E-state index contributed by atoms with van der Waals surface area (Å²) >= 11 is 1.34. The number of likely N-dealkylation sites (N-methyl/N-ethyl adjacent to an activating group) is 2. The van der Waals surface area contributed by atoms with Crippen LogP contribution in [0.4, 0.5) is 5.82 Å². The Morgan fingerprint density at radius 1 is 1.61 bits per heavy atom. The molecule has 0 bridgehead atoms. The van der Waals surface area contributed by atoms with E-state index in [0.29, 0.717) is 4.96 Å². The second kappa shape index (κ2) is 4.65. The molecule has 2 aromatic heterocycles. The molecular weight excluding hydrogens is 256 g/mol. The Hall–Kier alpha value is -2.09. The number of carboxylic acid groups (broad SMARTS) is 1. The molecule has 0 atom stereocenters. The van der Waals surface area contributed by atoms with Gasteiger partial charge in [0.1, 0.15) is 0 Å². The molecule has 0 saturated carbocycles. The molecule has 2 rings (SSSR count). The first kappa shape index (κ1) is 12.4. The largest absolute Gasteiger partial charge is 0.476 e. The van der Waals surface area contributed by atoms with E-state index in [2.05, 4.69) is 10.3 Å². The van der Waals surface area contributed by atoms with Crippen molar-refractivity contribution in [1.82, 2.24) is 14.7 Å². The maximum absolute atomic E-state index is 11.3. The third kappa shape index (κ3) is 2.02. The fraction of sp³-hybridized carbons (Fsp3) is 0.300. The summed E-state index contributed by atoms with van der Waals surface area (Å²) in [5.74, 6) is -0.984. The van der Waals surface area contributed by atoms with Crippen LogP contribution in [0.15, 0.2) is 11.6 Å². The minimum atomic E-state index is -1.07. The van der Waals surface area contributed by atoms with E-state index >= 15 is 0 Å². The SMILES string of the molecule is CNC(=O)CN(C)c1nc2sccn2c1C(=O)O. The number of carbonyl (C=O) groups is 2. The molecule has 8 heteroatoms. The van der Waals surface area contributed by atoms with E-state index in [0.717, 1.165) is 0 Å². The van der Waals surface area contributed by atoms with Crippen molar-refractivity contribution in [3.8, 4) is 0 Å². The molecule has 0 saturated heterocycles. The smallest absolute Gasteiger partial charge is 0.356 e. The van der Waals surface area contributed by atoms with Crippen molar-refractivity contribution in [2.45, 2.75) is 0 Å². The molecule has 7 nitrogen and oxygen atoms in total. The van der Waals surface area contributed by atoms with Gasteiger partial charge in [-0.1, -0.05) is 0 Å². The van der Waals surface area contributed by atoms with Gasteiger partial charge in [0.05, 0.1) is 6.54 Å². The number of carbonyl (C=O) groups excluding carboxylic acids is 1. The molecule has 0 spiro atoms. The Morgan fingerprint density at radius 2 is 2.33 bits per heavy atom. The molecule has 0 radical (unpaired) electrons. The van der Waals surface area contributed by atoms with Gasteiger partial charge in [0.2, 0.25) is 5.91 Å². The molecule has 2 N–H and O–H groups in total. The van der Waals surface area contributed by atoms with Gasteiger partial charge in [-0.2, -0.15) is 0 Å². The number of amides is 1. The summed E-state index contributed by atoms with van der Waals surface area (Å²) < 4.78 is 1.50. The second-order valence-electron chi connectivity index (χ2n) is 3.67. The van der Waals surface area contributed by atoms with Crippen LogP contribution in [0.2, 0.25) is 0 Å². The van der Waals surface area contributed by atoms with Gasteiger partial charge in [0, 0.05) is 25.7 Å². The topological polar surface area (TPSA) is 86.9 Å². The summed E-state index contributed by atoms with van der Waals surface area (Å²) in [5, 5.41) is 13.5. The number of anilines is 1. The van der Waals surface area contributed by atoms with E-state index in [1.54, 1.807) is 18.6 Å². The molecule has 0 aliphatic heterocycles. The van der Waals surface area contributed by atoms with Crippen molar-refractivity contribution in [3.05, 3.63) is 17.3 Å². The van der Waals surface area contributed by atoms with Crippen LogP contribution in [0.1, 0.15) is 10.5 Å². The Bertz CT molecular complexity index is 603. The summed E-state index contributed by atoms with van der Waals surface area (Å²) in [5.41, 5.74) is 0.0673. The van der Waals surface area contributed by atoms with Crippen molar-refractivity contribution >= 4 is 34.0 Å². The zero-order valence-corrected chi connectivity index (χ0v) is 10.7. The van der Waals surface area contributed by atoms with Crippen molar-refractivity contribution in [2.24, 2.45) is 0 Å². The number of carboxylic acids is 1. The monoisotopic (exact) mass is 268 g/mol. The van der Waals surface area contributed by atoms with Crippen LogP contribution in [-0.4, -0.2) is 47.0 Å². The van der Waals surface area contributed by atoms with Gasteiger partial charge in [-0.3, -0.25) is 9.20 Å². The van der Waals surface area contributed by atoms with Gasteiger partial charge in [-0.25, -0.2) is 9.78 Å². The molecule has 0 aromatic carbocycles. The molecule has 96 valence electrons. The third-order valence-corrected chi connectivity index (χ3v) is 3.22. The Labute approximate surface area is 107 Å². The maximum Gasteiger partial charge on any atom is 0.356 e. The van der Waals surface area contributed by atoms with Crippen molar-refractivity contribution in [1.29, 1.82) is 0 Å². The first-order valence-electron chi connectivity index (χ1n) is 5.15. The molecule has 2 heterocycles. The van der Waals surface area contributed by atoms with E-state index in [9.17, 15) is 14.7 Å². The van der Waals surface area contributed by atoms with Crippen LogP contribution in [-0.2, 0) is 4.79 Å². The van der Waals surface area contributed by atoms with Crippen LogP contribution in [0.3, 0.4) is 0 Å². The summed E-state index contributed by atoms with van der Waals surface area (Å²) in [6.45, 7) is 0.0572. The fourth-order valence-corrected chi connectivity index (χ4v) is 2.32. The first-order chi connectivity index (χ1) is 8.54. The molecule has 0 aliphatic rings. The number of thiazole rings is 1. The predicted octanol–water partition coefficient (Wildman–Crippen LogP) is 0.276. The van der Waals surface area contributed by atoms with Gasteiger partial charge in [-0.15, -0.1) is 11.3 Å². The zero-order valence-electron chi connectivity index (χ0n) is 9.88. The number of fused-ring (bicyclic) bond motifs is 1. The minimum absolute atomic E-state index is 0.0572. The highest BCUT2D eigenvalue weighted by atomic mass is 32.1. The Morgan fingerprint density at radius 3 is 2.94 bits per heavy atom. The highest BCUT2D eigenvalue weighted by Crippen LogP contribution is 2.23. The van der Waals surface area contributed by atoms with Crippen LogP contribution in [0.5, 0.6) is 0 Å². The fourth-order valence-electron chi connectivity index (χ4n) is 1.61. The number of hydrogen-bond acceptors (Lipinski definition) is 5. The van der Waals surface area contributed by atoms with Crippen LogP contribution in [0, 0.1) is 0 Å². The van der Waals surface area contributed by atoms with Crippen molar-refractivity contribution in [2.75, 3.05) is 25.5 Å². The highest BCUT2D eigenvalue weighted by molar-refractivity contribution is 7.15. The maximum atomic E-state index is 11.3. The number of hydrogen-bond donors (Lipinski definition) is 2. The number of nitrogens with zero attached hydrogens (tertiary/aromatic N) is 3. The lowest BCUT2D eigenvalue weighted by atomic mass is 10.4. The molecular formula is C10H12N4O3S. The molecule has 0 aliphatic carbocycles. The van der Waals surface area contributed by atoms with Gasteiger partial charge in [-0.05, 0) is 0 Å². The average Bonchev–Trinajstić information content (AvgIpc) is 2.86. The van der Waals surface area contributed by atoms with Crippen molar-refractivity contribution < 1.29 is 14.7 Å². The van der Waals surface area contributed by atoms with E-state index in [1.807, 2.05) is 0 Å². The van der Waals surface area contributed by atoms with Gasteiger partial charge < -0.3 is 15.3 Å². The predicted molar refractivity (Wildman–Crippen MR) is 67.4 cm³/mol. The normalized spacial score (nSPS) is 10.6. The Kier molecular flexibility index (Phi) is 3.19. The lowest BCUT2D eigenvalue weighted by molar-refractivity contribution is -0.119. The van der Waals surface area contributed by atoms with Gasteiger partial charge in [0.25, 0.3) is 0 Å².